The van der Waals surface area contributed by atoms with E-state index in [1.807, 2.05) is 0 Å². The largest absolute Gasteiger partial charge is 0.416 e. The van der Waals surface area contributed by atoms with Gasteiger partial charge in [0.2, 0.25) is 5.91 Å². The van der Waals surface area contributed by atoms with Crippen molar-refractivity contribution in [1.82, 2.24) is 4.90 Å². The minimum Gasteiger partial charge on any atom is -0.338 e. The van der Waals surface area contributed by atoms with E-state index in [9.17, 15) is 22.4 Å². The standard InChI is InChI=1S/C15H13F4NO/c1-2-14(21)20-8-10(9-20)3-4-11-5-6-12(7-13(11)16)15(17,18)19/h2-7,10H,1,8-9H2/b4-3+. The Hall–Kier alpha value is -2.11. The summed E-state index contributed by atoms with van der Waals surface area (Å²) in [6.45, 7) is 4.38. The molecular weight excluding hydrogens is 286 g/mol. The molecule has 0 bridgehead atoms. The maximum Gasteiger partial charge on any atom is 0.416 e. The third kappa shape index (κ3) is 3.51. The predicted molar refractivity (Wildman–Crippen MR) is 70.7 cm³/mol. The smallest absolute Gasteiger partial charge is 0.338 e. The first-order chi connectivity index (χ1) is 9.81. The summed E-state index contributed by atoms with van der Waals surface area (Å²) in [4.78, 5) is 12.8. The number of alkyl halides is 3. The fourth-order valence-corrected chi connectivity index (χ4v) is 2.02. The van der Waals surface area contributed by atoms with Crippen LogP contribution in [0.1, 0.15) is 11.1 Å². The van der Waals surface area contributed by atoms with Gasteiger partial charge in [-0.1, -0.05) is 24.8 Å². The molecule has 2 rings (SSSR count). The second kappa shape index (κ2) is 5.71. The lowest BCUT2D eigenvalue weighted by Gasteiger charge is -2.37. The van der Waals surface area contributed by atoms with Gasteiger partial charge in [-0.3, -0.25) is 4.79 Å². The highest BCUT2D eigenvalue weighted by molar-refractivity contribution is 5.87. The summed E-state index contributed by atoms with van der Waals surface area (Å²) < 4.78 is 50.8. The zero-order chi connectivity index (χ0) is 15.6. The monoisotopic (exact) mass is 299 g/mol. The first-order valence-electron chi connectivity index (χ1n) is 6.27. The van der Waals surface area contributed by atoms with Gasteiger partial charge in [-0.15, -0.1) is 0 Å². The van der Waals surface area contributed by atoms with E-state index in [4.69, 9.17) is 0 Å². The SMILES string of the molecule is C=CC(=O)N1CC(/C=C/c2ccc(C(F)(F)F)cc2F)C1. The van der Waals surface area contributed by atoms with Crippen LogP contribution in [0.15, 0.2) is 36.9 Å². The maximum atomic E-state index is 13.6. The molecule has 1 amide bonds. The lowest BCUT2D eigenvalue weighted by atomic mass is 9.98. The average molecular weight is 299 g/mol. The van der Waals surface area contributed by atoms with Crippen molar-refractivity contribution in [3.8, 4) is 0 Å². The van der Waals surface area contributed by atoms with Crippen LogP contribution >= 0.6 is 0 Å². The van der Waals surface area contributed by atoms with Crippen LogP contribution in [-0.4, -0.2) is 23.9 Å². The van der Waals surface area contributed by atoms with Crippen molar-refractivity contribution in [1.29, 1.82) is 0 Å². The van der Waals surface area contributed by atoms with Crippen molar-refractivity contribution in [3.63, 3.8) is 0 Å². The van der Waals surface area contributed by atoms with Crippen molar-refractivity contribution in [2.24, 2.45) is 5.92 Å². The van der Waals surface area contributed by atoms with E-state index in [0.717, 1.165) is 12.1 Å². The Balaban J connectivity index is 2.00. The number of carbonyl (C=O) groups is 1. The van der Waals surface area contributed by atoms with Crippen molar-refractivity contribution >= 4 is 12.0 Å². The van der Waals surface area contributed by atoms with Gasteiger partial charge in [0.05, 0.1) is 5.56 Å². The molecule has 1 aromatic carbocycles. The van der Waals surface area contributed by atoms with Gasteiger partial charge in [-0.05, 0) is 18.2 Å². The average Bonchev–Trinajstić information content (AvgIpc) is 2.36. The summed E-state index contributed by atoms with van der Waals surface area (Å²) in [5.41, 5.74) is -0.917. The normalized spacial score (nSPS) is 16.1. The van der Waals surface area contributed by atoms with Crippen LogP contribution in [0.2, 0.25) is 0 Å². The molecule has 0 N–H and O–H groups in total. The van der Waals surface area contributed by atoms with Crippen LogP contribution in [-0.2, 0) is 11.0 Å². The summed E-state index contributed by atoms with van der Waals surface area (Å²) >= 11 is 0. The summed E-state index contributed by atoms with van der Waals surface area (Å²) in [6, 6.07) is 2.42. The maximum absolute atomic E-state index is 13.6. The third-order valence-corrected chi connectivity index (χ3v) is 3.27. The molecule has 2 nitrogen and oxygen atoms in total. The van der Waals surface area contributed by atoms with Crippen molar-refractivity contribution in [2.75, 3.05) is 13.1 Å². The number of hydrogen-bond acceptors (Lipinski definition) is 1. The van der Waals surface area contributed by atoms with Crippen molar-refractivity contribution in [3.05, 3.63) is 53.9 Å². The summed E-state index contributed by atoms with van der Waals surface area (Å²) in [5, 5.41) is 0. The number of rotatable bonds is 3. The molecule has 6 heteroatoms. The minimum absolute atomic E-state index is 0.0793. The second-order valence-corrected chi connectivity index (χ2v) is 4.80. The molecule has 0 aliphatic carbocycles. The Kier molecular flexibility index (Phi) is 4.16. The molecule has 21 heavy (non-hydrogen) atoms. The lowest BCUT2D eigenvalue weighted by molar-refractivity contribution is -0.137. The Morgan fingerprint density at radius 1 is 1.33 bits per heavy atom. The molecule has 0 saturated carbocycles. The van der Waals surface area contributed by atoms with E-state index in [-0.39, 0.29) is 17.4 Å². The Morgan fingerprint density at radius 3 is 2.52 bits per heavy atom. The van der Waals surface area contributed by atoms with Crippen LogP contribution in [0.25, 0.3) is 6.08 Å². The van der Waals surface area contributed by atoms with Gasteiger partial charge >= 0.3 is 6.18 Å². The highest BCUT2D eigenvalue weighted by Gasteiger charge is 2.31. The minimum atomic E-state index is -4.55. The van der Waals surface area contributed by atoms with Crippen molar-refractivity contribution in [2.45, 2.75) is 6.18 Å². The molecule has 0 radical (unpaired) electrons. The number of benzene rings is 1. The van der Waals surface area contributed by atoms with Gasteiger partial charge in [0.1, 0.15) is 5.82 Å². The number of halogens is 4. The molecule has 1 aromatic rings. The molecule has 112 valence electrons. The highest BCUT2D eigenvalue weighted by Crippen LogP contribution is 2.30. The number of nitrogens with zero attached hydrogens (tertiary/aromatic N) is 1. The lowest BCUT2D eigenvalue weighted by Crippen LogP contribution is -2.48. The quantitative estimate of drug-likeness (QED) is 0.618. The first kappa shape index (κ1) is 15.3. The summed E-state index contributed by atoms with van der Waals surface area (Å²) in [6.07, 6.45) is -0.202. The third-order valence-electron chi connectivity index (χ3n) is 3.27. The van der Waals surface area contributed by atoms with E-state index in [0.29, 0.717) is 19.2 Å². The van der Waals surface area contributed by atoms with E-state index in [1.165, 1.54) is 12.2 Å². The van der Waals surface area contributed by atoms with Gasteiger partial charge in [0, 0.05) is 24.6 Å². The molecule has 1 aliphatic rings. The Bertz CT molecular complexity index is 586. The first-order valence-corrected chi connectivity index (χ1v) is 6.27. The van der Waals surface area contributed by atoms with E-state index < -0.39 is 17.6 Å². The number of carbonyl (C=O) groups excluding carboxylic acids is 1. The molecule has 0 unspecified atom stereocenters. The summed E-state index contributed by atoms with van der Waals surface area (Å²) in [5.74, 6) is -1.00. The fraction of sp³-hybridized carbons (Fsp3) is 0.267. The van der Waals surface area contributed by atoms with Crippen LogP contribution in [0.4, 0.5) is 17.6 Å². The molecule has 1 heterocycles. The fourth-order valence-electron chi connectivity index (χ4n) is 2.02. The van der Waals surface area contributed by atoms with Crippen LogP contribution < -0.4 is 0 Å². The van der Waals surface area contributed by atoms with Gasteiger partial charge in [-0.25, -0.2) is 4.39 Å². The molecule has 0 atom stereocenters. The molecule has 1 aliphatic heterocycles. The van der Waals surface area contributed by atoms with Crippen LogP contribution in [0.3, 0.4) is 0 Å². The number of hydrogen-bond donors (Lipinski definition) is 0. The second-order valence-electron chi connectivity index (χ2n) is 4.80. The van der Waals surface area contributed by atoms with E-state index in [2.05, 4.69) is 6.58 Å². The molecule has 0 aromatic heterocycles. The molecular formula is C15H13F4NO. The highest BCUT2D eigenvalue weighted by atomic mass is 19.4. The Labute approximate surface area is 119 Å². The predicted octanol–water partition coefficient (Wildman–Crippen LogP) is 3.50. The van der Waals surface area contributed by atoms with E-state index >= 15 is 0 Å². The zero-order valence-corrected chi connectivity index (χ0v) is 11.0. The summed E-state index contributed by atoms with van der Waals surface area (Å²) in [7, 11) is 0. The topological polar surface area (TPSA) is 20.3 Å². The van der Waals surface area contributed by atoms with Crippen molar-refractivity contribution < 1.29 is 22.4 Å². The van der Waals surface area contributed by atoms with Crippen LogP contribution in [0, 0.1) is 11.7 Å². The van der Waals surface area contributed by atoms with Gasteiger partial charge in [-0.2, -0.15) is 13.2 Å². The van der Waals surface area contributed by atoms with Gasteiger partial charge < -0.3 is 4.90 Å². The Morgan fingerprint density at radius 2 is 2.00 bits per heavy atom. The molecule has 1 fully saturated rings. The molecule has 0 spiro atoms. The number of amides is 1. The molecule has 1 saturated heterocycles. The zero-order valence-electron chi connectivity index (χ0n) is 11.0. The van der Waals surface area contributed by atoms with Crippen LogP contribution in [0.5, 0.6) is 0 Å². The number of likely N-dealkylation sites (tertiary alicyclic amines) is 1. The van der Waals surface area contributed by atoms with Gasteiger partial charge in [0.25, 0.3) is 0 Å². The van der Waals surface area contributed by atoms with E-state index in [1.54, 1.807) is 11.0 Å². The van der Waals surface area contributed by atoms with Gasteiger partial charge in [0.15, 0.2) is 0 Å².